The van der Waals surface area contributed by atoms with E-state index >= 15 is 0 Å². The van der Waals surface area contributed by atoms with E-state index in [-0.39, 0.29) is 23.7 Å². The number of morpholine rings is 1. The van der Waals surface area contributed by atoms with Crippen LogP contribution in [0.5, 0.6) is 0 Å². The molecular formula is C24H29FN4O3. The van der Waals surface area contributed by atoms with Crippen LogP contribution in [-0.4, -0.2) is 64.4 Å². The predicted octanol–water partition coefficient (Wildman–Crippen LogP) is 3.08. The van der Waals surface area contributed by atoms with Crippen molar-refractivity contribution < 1.29 is 18.7 Å². The Kier molecular flexibility index (Phi) is 7.09. The summed E-state index contributed by atoms with van der Waals surface area (Å²) in [6, 6.07) is 6.08. The number of benzene rings is 1. The van der Waals surface area contributed by atoms with Crippen molar-refractivity contribution >= 4 is 11.8 Å². The maximum absolute atomic E-state index is 13.1. The summed E-state index contributed by atoms with van der Waals surface area (Å²) < 4.78 is 18.4. The lowest BCUT2D eigenvalue weighted by Gasteiger charge is -2.35. The Labute approximate surface area is 187 Å². The summed E-state index contributed by atoms with van der Waals surface area (Å²) in [6.45, 7) is 4.71. The summed E-state index contributed by atoms with van der Waals surface area (Å²) in [5.74, 6) is 0.289. The monoisotopic (exact) mass is 440 g/mol. The second-order valence-corrected chi connectivity index (χ2v) is 8.36. The average molecular weight is 441 g/mol. The number of amides is 2. The predicted molar refractivity (Wildman–Crippen MR) is 117 cm³/mol. The molecule has 1 aromatic carbocycles. The van der Waals surface area contributed by atoms with Crippen LogP contribution in [0.1, 0.15) is 59.2 Å². The molecule has 0 radical (unpaired) electrons. The molecular weight excluding hydrogens is 411 g/mol. The van der Waals surface area contributed by atoms with Gasteiger partial charge in [-0.3, -0.25) is 9.59 Å². The number of carbonyl (C=O) groups is 2. The van der Waals surface area contributed by atoms with E-state index in [1.165, 1.54) is 12.1 Å². The molecule has 0 spiro atoms. The van der Waals surface area contributed by atoms with E-state index in [2.05, 4.69) is 9.97 Å². The molecule has 2 aliphatic heterocycles. The van der Waals surface area contributed by atoms with Crippen molar-refractivity contribution in [1.29, 1.82) is 0 Å². The fourth-order valence-corrected chi connectivity index (χ4v) is 4.34. The highest BCUT2D eigenvalue weighted by Gasteiger charge is 2.30. The lowest BCUT2D eigenvalue weighted by molar-refractivity contribution is -0.135. The minimum absolute atomic E-state index is 0.0498. The summed E-state index contributed by atoms with van der Waals surface area (Å²) in [5, 5.41) is 0. The van der Waals surface area contributed by atoms with Crippen LogP contribution in [0, 0.1) is 12.7 Å². The summed E-state index contributed by atoms with van der Waals surface area (Å²) >= 11 is 0. The van der Waals surface area contributed by atoms with Crippen LogP contribution in [0.2, 0.25) is 0 Å². The number of carbonyl (C=O) groups excluding carboxylic acids is 2. The number of likely N-dealkylation sites (tertiary alicyclic amines) is 1. The molecule has 0 aliphatic carbocycles. The van der Waals surface area contributed by atoms with Crippen LogP contribution in [0.25, 0.3) is 0 Å². The second-order valence-electron chi connectivity index (χ2n) is 8.36. The van der Waals surface area contributed by atoms with Gasteiger partial charge in [0.15, 0.2) is 5.82 Å². The van der Waals surface area contributed by atoms with Crippen molar-refractivity contribution in [3.63, 3.8) is 0 Å². The van der Waals surface area contributed by atoms with Crippen LogP contribution in [0.15, 0.2) is 30.5 Å². The molecule has 2 aliphatic rings. The molecule has 2 saturated heterocycles. The number of halogens is 1. The van der Waals surface area contributed by atoms with E-state index in [0.717, 1.165) is 24.8 Å². The fourth-order valence-electron chi connectivity index (χ4n) is 4.34. The van der Waals surface area contributed by atoms with Gasteiger partial charge in [0, 0.05) is 32.3 Å². The summed E-state index contributed by atoms with van der Waals surface area (Å²) in [5.41, 5.74) is 2.07. The molecule has 0 unspecified atom stereocenters. The minimum atomic E-state index is -0.278. The van der Waals surface area contributed by atoms with Gasteiger partial charge < -0.3 is 14.5 Å². The number of nitrogens with zero attached hydrogens (tertiary/aromatic N) is 4. The van der Waals surface area contributed by atoms with Gasteiger partial charge in [0.2, 0.25) is 5.91 Å². The van der Waals surface area contributed by atoms with E-state index in [9.17, 15) is 14.0 Å². The van der Waals surface area contributed by atoms with Crippen molar-refractivity contribution in [2.75, 3.05) is 32.8 Å². The van der Waals surface area contributed by atoms with Gasteiger partial charge in [-0.2, -0.15) is 0 Å². The smallest absolute Gasteiger partial charge is 0.257 e. The fraction of sp³-hybridized carbons (Fsp3) is 0.500. The van der Waals surface area contributed by atoms with Gasteiger partial charge in [0.1, 0.15) is 5.82 Å². The summed E-state index contributed by atoms with van der Waals surface area (Å²) in [6.07, 6.45) is 5.28. The number of aryl methyl sites for hydroxylation is 2. The van der Waals surface area contributed by atoms with Gasteiger partial charge in [-0.25, -0.2) is 14.4 Å². The third-order valence-corrected chi connectivity index (χ3v) is 6.19. The van der Waals surface area contributed by atoms with Gasteiger partial charge in [-0.15, -0.1) is 0 Å². The molecule has 0 saturated carbocycles. The topological polar surface area (TPSA) is 75.6 Å². The largest absolute Gasteiger partial charge is 0.378 e. The van der Waals surface area contributed by atoms with Crippen LogP contribution >= 0.6 is 0 Å². The molecule has 7 nitrogen and oxygen atoms in total. The number of ether oxygens (including phenoxy) is 1. The molecule has 1 aromatic heterocycles. The first-order valence-corrected chi connectivity index (χ1v) is 11.3. The molecule has 8 heteroatoms. The number of hydrogen-bond acceptors (Lipinski definition) is 5. The Morgan fingerprint density at radius 1 is 1.12 bits per heavy atom. The molecule has 3 heterocycles. The Bertz CT molecular complexity index is 960. The first-order valence-electron chi connectivity index (χ1n) is 11.3. The quantitative estimate of drug-likeness (QED) is 0.714. The van der Waals surface area contributed by atoms with E-state index in [1.807, 2.05) is 11.8 Å². The van der Waals surface area contributed by atoms with Crippen molar-refractivity contribution in [1.82, 2.24) is 19.8 Å². The lowest BCUT2D eigenvalue weighted by atomic mass is 9.99. The first kappa shape index (κ1) is 22.3. The Morgan fingerprint density at radius 2 is 1.88 bits per heavy atom. The van der Waals surface area contributed by atoms with Crippen molar-refractivity contribution in [3.05, 3.63) is 58.9 Å². The second kappa shape index (κ2) is 10.2. The Hall–Kier alpha value is -2.87. The zero-order valence-electron chi connectivity index (χ0n) is 18.4. The first-order chi connectivity index (χ1) is 15.5. The number of rotatable bonds is 5. The molecule has 0 N–H and O–H groups in total. The normalized spacial score (nSPS) is 19.1. The Balaban J connectivity index is 1.45. The van der Waals surface area contributed by atoms with E-state index in [4.69, 9.17) is 4.74 Å². The van der Waals surface area contributed by atoms with Crippen LogP contribution in [0.3, 0.4) is 0 Å². The third kappa shape index (κ3) is 5.12. The molecule has 170 valence electrons. The van der Waals surface area contributed by atoms with Crippen LogP contribution < -0.4 is 0 Å². The lowest BCUT2D eigenvalue weighted by Crippen LogP contribution is -2.41. The molecule has 0 bridgehead atoms. The maximum Gasteiger partial charge on any atom is 0.257 e. The summed E-state index contributed by atoms with van der Waals surface area (Å²) in [7, 11) is 0. The van der Waals surface area contributed by atoms with Gasteiger partial charge in [0.05, 0.1) is 30.5 Å². The third-order valence-electron chi connectivity index (χ3n) is 6.19. The van der Waals surface area contributed by atoms with Gasteiger partial charge >= 0.3 is 0 Å². The molecule has 4 rings (SSSR count). The highest BCUT2D eigenvalue weighted by Crippen LogP contribution is 2.30. The van der Waals surface area contributed by atoms with Gasteiger partial charge in [-0.1, -0.05) is 12.1 Å². The van der Waals surface area contributed by atoms with Gasteiger partial charge in [0.25, 0.3) is 5.91 Å². The minimum Gasteiger partial charge on any atom is -0.378 e. The SMILES string of the molecule is Cc1nc([C@@H]2CCCCN2C(=O)CCc2ccc(F)cc2)ncc1C(=O)N1CCOCC1. The number of piperidine rings is 1. The standard InChI is InChI=1S/C24H29FN4O3/c1-17-20(24(31)28-12-14-32-15-13-28)16-26-23(27-17)21-4-2-3-11-29(21)22(30)10-7-18-5-8-19(25)9-6-18/h5-6,8-9,16,21H,2-4,7,10-15H2,1H3/t21-/m0/s1. The van der Waals surface area contributed by atoms with Crippen molar-refractivity contribution in [2.45, 2.75) is 45.1 Å². The van der Waals surface area contributed by atoms with Crippen LogP contribution in [0.4, 0.5) is 4.39 Å². The summed E-state index contributed by atoms with van der Waals surface area (Å²) in [4.78, 5) is 38.6. The van der Waals surface area contributed by atoms with Crippen LogP contribution in [-0.2, 0) is 16.0 Å². The average Bonchev–Trinajstić information content (AvgIpc) is 2.83. The molecule has 32 heavy (non-hydrogen) atoms. The van der Waals surface area contributed by atoms with Crippen molar-refractivity contribution in [3.8, 4) is 0 Å². The van der Waals surface area contributed by atoms with E-state index in [0.29, 0.717) is 62.8 Å². The maximum atomic E-state index is 13.1. The van der Waals surface area contributed by atoms with E-state index in [1.54, 1.807) is 23.2 Å². The highest BCUT2D eigenvalue weighted by atomic mass is 19.1. The van der Waals surface area contributed by atoms with E-state index < -0.39 is 0 Å². The Morgan fingerprint density at radius 3 is 2.59 bits per heavy atom. The molecule has 1 atom stereocenters. The zero-order valence-corrected chi connectivity index (χ0v) is 18.4. The number of aromatic nitrogens is 2. The molecule has 2 aromatic rings. The van der Waals surface area contributed by atoms with Crippen molar-refractivity contribution in [2.24, 2.45) is 0 Å². The highest BCUT2D eigenvalue weighted by molar-refractivity contribution is 5.95. The zero-order chi connectivity index (χ0) is 22.5. The number of hydrogen-bond donors (Lipinski definition) is 0. The molecule has 2 amide bonds. The molecule has 2 fully saturated rings. The van der Waals surface area contributed by atoms with Gasteiger partial charge in [-0.05, 0) is 50.3 Å².